The van der Waals surface area contributed by atoms with E-state index in [9.17, 15) is 0 Å². The molecule has 0 saturated carbocycles. The lowest BCUT2D eigenvalue weighted by atomic mass is 10.3. The molecule has 1 aromatic rings. The van der Waals surface area contributed by atoms with E-state index in [1.165, 1.54) is 10.4 Å². The second-order valence-electron chi connectivity index (χ2n) is 4.43. The Kier molecular flexibility index (Phi) is 6.03. The highest BCUT2D eigenvalue weighted by Gasteiger charge is 2.05. The van der Waals surface area contributed by atoms with Gasteiger partial charge in [-0.05, 0) is 44.3 Å². The van der Waals surface area contributed by atoms with Gasteiger partial charge in [0.25, 0.3) is 0 Å². The van der Waals surface area contributed by atoms with Crippen molar-refractivity contribution in [3.8, 4) is 0 Å². The van der Waals surface area contributed by atoms with Crippen LogP contribution in [0, 0.1) is 6.92 Å². The molecule has 92 valence electrons. The van der Waals surface area contributed by atoms with Crippen LogP contribution in [-0.4, -0.2) is 30.6 Å². The Morgan fingerprint density at radius 2 is 2.19 bits per heavy atom. The summed E-state index contributed by atoms with van der Waals surface area (Å²) < 4.78 is 0. The van der Waals surface area contributed by atoms with Gasteiger partial charge < -0.3 is 5.32 Å². The van der Waals surface area contributed by atoms with Crippen molar-refractivity contribution in [3.05, 3.63) is 21.9 Å². The van der Waals surface area contributed by atoms with E-state index < -0.39 is 0 Å². The second kappa shape index (κ2) is 7.05. The maximum absolute atomic E-state index is 3.52. The fraction of sp³-hybridized carbons (Fsp3) is 0.692. The number of nitrogens with one attached hydrogen (secondary N) is 1. The maximum Gasteiger partial charge on any atom is 0.0302 e. The zero-order chi connectivity index (χ0) is 12.0. The van der Waals surface area contributed by atoms with E-state index in [1.54, 1.807) is 0 Å². The van der Waals surface area contributed by atoms with Crippen LogP contribution in [0.25, 0.3) is 0 Å². The molecule has 1 aromatic heterocycles. The molecule has 0 unspecified atom stereocenters. The summed E-state index contributed by atoms with van der Waals surface area (Å²) in [6.07, 6.45) is 0. The molecule has 0 atom stereocenters. The number of thiophene rings is 1. The predicted molar refractivity (Wildman–Crippen MR) is 73.1 cm³/mol. The number of rotatable bonds is 7. The monoisotopic (exact) mass is 240 g/mol. The van der Waals surface area contributed by atoms with Gasteiger partial charge in [-0.15, -0.1) is 11.3 Å². The highest BCUT2D eigenvalue weighted by atomic mass is 32.1. The lowest BCUT2D eigenvalue weighted by Crippen LogP contribution is -2.36. The molecule has 0 saturated heterocycles. The number of hydrogen-bond donors (Lipinski definition) is 1. The Morgan fingerprint density at radius 1 is 1.44 bits per heavy atom. The maximum atomic E-state index is 3.52. The largest absolute Gasteiger partial charge is 0.311 e. The second-order valence-corrected chi connectivity index (χ2v) is 5.43. The van der Waals surface area contributed by atoms with Crippen molar-refractivity contribution in [2.45, 2.75) is 40.3 Å². The zero-order valence-electron chi connectivity index (χ0n) is 10.9. The first kappa shape index (κ1) is 13.7. The molecular formula is C13H24N2S. The summed E-state index contributed by atoms with van der Waals surface area (Å²) in [5, 5.41) is 5.68. The Hall–Kier alpha value is -0.380. The average molecular weight is 240 g/mol. The summed E-state index contributed by atoms with van der Waals surface area (Å²) >= 11 is 1.84. The molecule has 1 rings (SSSR count). The molecule has 1 heterocycles. The molecule has 0 bridgehead atoms. The molecule has 0 aliphatic rings. The number of aryl methyl sites for hydroxylation is 1. The molecule has 0 amide bonds. The van der Waals surface area contributed by atoms with Crippen molar-refractivity contribution in [2.24, 2.45) is 0 Å². The topological polar surface area (TPSA) is 15.3 Å². The summed E-state index contributed by atoms with van der Waals surface area (Å²) in [5.74, 6) is 0. The molecule has 1 N–H and O–H groups in total. The molecule has 0 fully saturated rings. The SMILES string of the molecule is CCN(CCNCc1sccc1C)C(C)C. The van der Waals surface area contributed by atoms with Gasteiger partial charge in [0.1, 0.15) is 0 Å². The smallest absolute Gasteiger partial charge is 0.0302 e. The van der Waals surface area contributed by atoms with Crippen LogP contribution >= 0.6 is 11.3 Å². The van der Waals surface area contributed by atoms with Crippen molar-refractivity contribution >= 4 is 11.3 Å². The van der Waals surface area contributed by atoms with Crippen molar-refractivity contribution < 1.29 is 0 Å². The van der Waals surface area contributed by atoms with E-state index in [4.69, 9.17) is 0 Å². The van der Waals surface area contributed by atoms with Crippen molar-refractivity contribution in [1.29, 1.82) is 0 Å². The van der Waals surface area contributed by atoms with Gasteiger partial charge in [0.15, 0.2) is 0 Å². The van der Waals surface area contributed by atoms with Crippen LogP contribution in [0.5, 0.6) is 0 Å². The number of hydrogen-bond acceptors (Lipinski definition) is 3. The normalized spacial score (nSPS) is 11.6. The van der Waals surface area contributed by atoms with E-state index in [-0.39, 0.29) is 0 Å². The first-order valence-corrected chi connectivity index (χ1v) is 7.00. The first-order valence-electron chi connectivity index (χ1n) is 6.12. The van der Waals surface area contributed by atoms with Crippen molar-refractivity contribution in [2.75, 3.05) is 19.6 Å². The van der Waals surface area contributed by atoms with E-state index in [0.717, 1.165) is 26.2 Å². The lowest BCUT2D eigenvalue weighted by molar-refractivity contribution is 0.234. The molecule has 16 heavy (non-hydrogen) atoms. The molecule has 0 aliphatic carbocycles. The van der Waals surface area contributed by atoms with Crippen molar-refractivity contribution in [3.63, 3.8) is 0 Å². The Bertz CT molecular complexity index is 294. The van der Waals surface area contributed by atoms with Gasteiger partial charge >= 0.3 is 0 Å². The number of likely N-dealkylation sites (N-methyl/N-ethyl adjacent to an activating group) is 1. The summed E-state index contributed by atoms with van der Waals surface area (Å²) in [6, 6.07) is 2.84. The quantitative estimate of drug-likeness (QED) is 0.737. The number of nitrogens with zero attached hydrogens (tertiary/aromatic N) is 1. The van der Waals surface area contributed by atoms with E-state index in [0.29, 0.717) is 6.04 Å². The van der Waals surface area contributed by atoms with Crippen LogP contribution in [-0.2, 0) is 6.54 Å². The average Bonchev–Trinajstić information content (AvgIpc) is 2.64. The highest BCUT2D eigenvalue weighted by Crippen LogP contribution is 2.14. The summed E-state index contributed by atoms with van der Waals surface area (Å²) in [4.78, 5) is 3.95. The Balaban J connectivity index is 2.19. The van der Waals surface area contributed by atoms with Gasteiger partial charge in [-0.3, -0.25) is 4.90 Å². The van der Waals surface area contributed by atoms with Gasteiger partial charge in [0.05, 0.1) is 0 Å². The van der Waals surface area contributed by atoms with Crippen LogP contribution in [0.1, 0.15) is 31.2 Å². The van der Waals surface area contributed by atoms with Gasteiger partial charge in [0, 0.05) is 30.6 Å². The standard InChI is InChI=1S/C13H24N2S/c1-5-15(11(2)3)8-7-14-10-13-12(4)6-9-16-13/h6,9,11,14H,5,7-8,10H2,1-4H3. The molecular weight excluding hydrogens is 216 g/mol. The van der Waals surface area contributed by atoms with Gasteiger partial charge in [-0.1, -0.05) is 6.92 Å². The van der Waals surface area contributed by atoms with Crippen molar-refractivity contribution in [1.82, 2.24) is 10.2 Å². The van der Waals surface area contributed by atoms with Crippen LogP contribution in [0.4, 0.5) is 0 Å². The molecule has 0 aliphatic heterocycles. The van der Waals surface area contributed by atoms with E-state index in [1.807, 2.05) is 11.3 Å². The minimum absolute atomic E-state index is 0.648. The Morgan fingerprint density at radius 3 is 2.69 bits per heavy atom. The van der Waals surface area contributed by atoms with Crippen LogP contribution in [0.15, 0.2) is 11.4 Å². The predicted octanol–water partition coefficient (Wildman–Crippen LogP) is 2.88. The van der Waals surface area contributed by atoms with Gasteiger partial charge in [-0.25, -0.2) is 0 Å². The van der Waals surface area contributed by atoms with Gasteiger partial charge in [-0.2, -0.15) is 0 Å². The fourth-order valence-corrected chi connectivity index (χ4v) is 2.67. The molecule has 0 spiro atoms. The summed E-state index contributed by atoms with van der Waals surface area (Å²) in [7, 11) is 0. The fourth-order valence-electron chi connectivity index (χ4n) is 1.79. The van der Waals surface area contributed by atoms with Crippen LogP contribution in [0.3, 0.4) is 0 Å². The summed E-state index contributed by atoms with van der Waals surface area (Å²) in [6.45, 7) is 13.3. The minimum Gasteiger partial charge on any atom is -0.311 e. The third-order valence-electron chi connectivity index (χ3n) is 2.97. The molecule has 3 heteroatoms. The molecule has 0 aromatic carbocycles. The lowest BCUT2D eigenvalue weighted by Gasteiger charge is -2.24. The van der Waals surface area contributed by atoms with E-state index >= 15 is 0 Å². The zero-order valence-corrected chi connectivity index (χ0v) is 11.7. The third-order valence-corrected chi connectivity index (χ3v) is 3.99. The van der Waals surface area contributed by atoms with Gasteiger partial charge in [0.2, 0.25) is 0 Å². The highest BCUT2D eigenvalue weighted by molar-refractivity contribution is 7.10. The molecule has 0 radical (unpaired) electrons. The van der Waals surface area contributed by atoms with Crippen LogP contribution < -0.4 is 5.32 Å². The third kappa shape index (κ3) is 4.24. The minimum atomic E-state index is 0.648. The Labute approximate surface area is 104 Å². The first-order chi connectivity index (χ1) is 7.65. The van der Waals surface area contributed by atoms with E-state index in [2.05, 4.69) is 49.4 Å². The summed E-state index contributed by atoms with van der Waals surface area (Å²) in [5.41, 5.74) is 1.41. The van der Waals surface area contributed by atoms with Crippen LogP contribution in [0.2, 0.25) is 0 Å². The molecule has 2 nitrogen and oxygen atoms in total.